The van der Waals surface area contributed by atoms with Crippen LogP contribution in [0.3, 0.4) is 0 Å². The van der Waals surface area contributed by atoms with E-state index in [1.165, 1.54) is 31.2 Å². The molecule has 0 aliphatic heterocycles. The maximum atomic E-state index is 13.0. The van der Waals surface area contributed by atoms with E-state index >= 15 is 0 Å². The Morgan fingerprint density at radius 3 is 2.02 bits per heavy atom. The van der Waals surface area contributed by atoms with Gasteiger partial charge in [0.25, 0.3) is 0 Å². The zero-order chi connectivity index (χ0) is 30.4. The van der Waals surface area contributed by atoms with Gasteiger partial charge in [-0.15, -0.1) is 0 Å². The number of carbonyl (C=O) groups is 5. The van der Waals surface area contributed by atoms with E-state index in [1.807, 2.05) is 0 Å². The SMILES string of the molecule is CC(O)C(NC(=O)C(CCC(=O)O)NC(=O)C(N)CCCN=C(N)N)C(=O)NC(Cc1ccc(O)cc1)C(=O)O. The quantitative estimate of drug-likeness (QED) is 0.0515. The number of benzene rings is 1. The van der Waals surface area contributed by atoms with Crippen LogP contribution in [0.1, 0.15) is 38.2 Å². The first-order valence-corrected chi connectivity index (χ1v) is 12.3. The number of aliphatic hydroxyl groups excluding tert-OH is 1. The zero-order valence-corrected chi connectivity index (χ0v) is 21.9. The first kappa shape index (κ1) is 33.6. The van der Waals surface area contributed by atoms with Crippen molar-refractivity contribution in [1.29, 1.82) is 0 Å². The topological polar surface area (TPSA) is 293 Å². The number of hydrogen-bond donors (Lipinski definition) is 10. The third kappa shape index (κ3) is 12.4. The number of nitrogens with zero attached hydrogens (tertiary/aromatic N) is 1. The van der Waals surface area contributed by atoms with Gasteiger partial charge in [-0.2, -0.15) is 0 Å². The fourth-order valence-corrected chi connectivity index (χ4v) is 3.45. The van der Waals surface area contributed by atoms with Gasteiger partial charge in [0.2, 0.25) is 17.7 Å². The molecule has 13 N–H and O–H groups in total. The molecule has 0 aliphatic carbocycles. The van der Waals surface area contributed by atoms with Gasteiger partial charge in [0.05, 0.1) is 12.1 Å². The van der Waals surface area contributed by atoms with Crippen LogP contribution in [0.15, 0.2) is 29.3 Å². The number of aromatic hydroxyl groups is 1. The lowest BCUT2D eigenvalue weighted by atomic mass is 10.0. The van der Waals surface area contributed by atoms with Crippen LogP contribution in [0.25, 0.3) is 0 Å². The van der Waals surface area contributed by atoms with Crippen LogP contribution in [0.5, 0.6) is 5.75 Å². The Kier molecular flexibility index (Phi) is 13.9. The first-order valence-electron chi connectivity index (χ1n) is 12.3. The van der Waals surface area contributed by atoms with Crippen molar-refractivity contribution >= 4 is 35.6 Å². The number of guanidine groups is 1. The van der Waals surface area contributed by atoms with Gasteiger partial charge in [0.15, 0.2) is 5.96 Å². The van der Waals surface area contributed by atoms with Crippen LogP contribution in [0.2, 0.25) is 0 Å². The zero-order valence-electron chi connectivity index (χ0n) is 21.9. The van der Waals surface area contributed by atoms with E-state index in [0.29, 0.717) is 12.0 Å². The summed E-state index contributed by atoms with van der Waals surface area (Å²) in [6.45, 7) is 1.39. The molecule has 1 rings (SSSR count). The lowest BCUT2D eigenvalue weighted by Crippen LogP contribution is -2.60. The van der Waals surface area contributed by atoms with E-state index in [2.05, 4.69) is 20.9 Å². The average Bonchev–Trinajstić information content (AvgIpc) is 2.87. The summed E-state index contributed by atoms with van der Waals surface area (Å²) in [4.78, 5) is 65.0. The minimum absolute atomic E-state index is 0.0343. The molecule has 16 heteroatoms. The number of aliphatic carboxylic acids is 2. The largest absolute Gasteiger partial charge is 0.508 e. The molecular formula is C24H37N7O9. The van der Waals surface area contributed by atoms with E-state index in [-0.39, 0.29) is 37.5 Å². The number of phenols is 1. The van der Waals surface area contributed by atoms with Crippen molar-refractivity contribution < 1.29 is 44.4 Å². The van der Waals surface area contributed by atoms with Crippen molar-refractivity contribution in [2.45, 2.75) is 69.3 Å². The predicted molar refractivity (Wildman–Crippen MR) is 142 cm³/mol. The number of nitrogens with one attached hydrogen (secondary N) is 3. The van der Waals surface area contributed by atoms with E-state index in [4.69, 9.17) is 22.3 Å². The summed E-state index contributed by atoms with van der Waals surface area (Å²) < 4.78 is 0. The molecule has 0 saturated heterocycles. The van der Waals surface area contributed by atoms with Crippen molar-refractivity contribution in [1.82, 2.24) is 16.0 Å². The molecule has 0 spiro atoms. The number of hydrogen-bond acceptors (Lipinski definition) is 9. The van der Waals surface area contributed by atoms with E-state index < -0.39 is 66.4 Å². The monoisotopic (exact) mass is 567 g/mol. The second-order valence-corrected chi connectivity index (χ2v) is 9.05. The molecular weight excluding hydrogens is 530 g/mol. The number of carbonyl (C=O) groups excluding carboxylic acids is 3. The summed E-state index contributed by atoms with van der Waals surface area (Å²) in [6, 6.07) is 0.00266. The highest BCUT2D eigenvalue weighted by Crippen LogP contribution is 2.12. The molecule has 0 aliphatic rings. The highest BCUT2D eigenvalue weighted by atomic mass is 16.4. The molecule has 0 fully saturated rings. The highest BCUT2D eigenvalue weighted by molar-refractivity contribution is 5.94. The predicted octanol–water partition coefficient (Wildman–Crippen LogP) is -2.90. The van der Waals surface area contributed by atoms with Crippen LogP contribution >= 0.6 is 0 Å². The van der Waals surface area contributed by atoms with Gasteiger partial charge in [-0.1, -0.05) is 12.1 Å². The molecule has 0 aromatic heterocycles. The number of carboxylic acids is 2. The van der Waals surface area contributed by atoms with Crippen LogP contribution in [0, 0.1) is 0 Å². The van der Waals surface area contributed by atoms with Crippen molar-refractivity contribution in [3.8, 4) is 5.75 Å². The van der Waals surface area contributed by atoms with Crippen molar-refractivity contribution in [3.05, 3.63) is 29.8 Å². The number of phenolic OH excluding ortho intramolecular Hbond substituents is 1. The van der Waals surface area contributed by atoms with Gasteiger partial charge in [-0.3, -0.25) is 24.2 Å². The molecule has 0 bridgehead atoms. The number of carboxylic acid groups (broad SMARTS) is 2. The Labute approximate surface area is 230 Å². The highest BCUT2D eigenvalue weighted by Gasteiger charge is 2.33. The third-order valence-corrected chi connectivity index (χ3v) is 5.64. The number of nitrogens with two attached hydrogens (primary N) is 3. The number of aliphatic hydroxyl groups is 1. The second kappa shape index (κ2) is 16.5. The normalized spacial score (nSPS) is 14.5. The van der Waals surface area contributed by atoms with Gasteiger partial charge in [0, 0.05) is 19.4 Å². The minimum atomic E-state index is -1.65. The number of amides is 3. The Morgan fingerprint density at radius 1 is 0.900 bits per heavy atom. The van der Waals surface area contributed by atoms with Crippen molar-refractivity contribution in [2.75, 3.05) is 6.54 Å². The fourth-order valence-electron chi connectivity index (χ4n) is 3.45. The molecule has 16 nitrogen and oxygen atoms in total. The Morgan fingerprint density at radius 2 is 1.50 bits per heavy atom. The van der Waals surface area contributed by atoms with E-state index in [0.717, 1.165) is 0 Å². The molecule has 40 heavy (non-hydrogen) atoms. The Hall–Kier alpha value is -4.44. The van der Waals surface area contributed by atoms with E-state index in [9.17, 15) is 39.3 Å². The molecule has 5 unspecified atom stereocenters. The summed E-state index contributed by atoms with van der Waals surface area (Å²) >= 11 is 0. The number of rotatable bonds is 17. The smallest absolute Gasteiger partial charge is 0.326 e. The van der Waals surface area contributed by atoms with Gasteiger partial charge < -0.3 is 53.6 Å². The van der Waals surface area contributed by atoms with Crippen molar-refractivity contribution in [3.63, 3.8) is 0 Å². The van der Waals surface area contributed by atoms with Gasteiger partial charge in [-0.05, 0) is 43.9 Å². The molecule has 0 radical (unpaired) electrons. The van der Waals surface area contributed by atoms with Gasteiger partial charge >= 0.3 is 11.9 Å². The molecule has 0 heterocycles. The summed E-state index contributed by atoms with van der Waals surface area (Å²) in [5.74, 6) is -5.60. The molecule has 222 valence electrons. The summed E-state index contributed by atoms with van der Waals surface area (Å²) in [7, 11) is 0. The Balaban J connectivity index is 2.94. The maximum absolute atomic E-state index is 13.0. The van der Waals surface area contributed by atoms with Crippen LogP contribution < -0.4 is 33.2 Å². The van der Waals surface area contributed by atoms with Crippen LogP contribution in [0.4, 0.5) is 0 Å². The molecule has 3 amide bonds. The average molecular weight is 568 g/mol. The Bertz CT molecular complexity index is 1060. The lowest BCUT2D eigenvalue weighted by molar-refractivity contribution is -0.143. The molecule has 1 aromatic rings. The van der Waals surface area contributed by atoms with Gasteiger partial charge in [0.1, 0.15) is 23.9 Å². The van der Waals surface area contributed by atoms with Gasteiger partial charge in [-0.25, -0.2) is 4.79 Å². The summed E-state index contributed by atoms with van der Waals surface area (Å²) in [5, 5.41) is 45.0. The van der Waals surface area contributed by atoms with E-state index in [1.54, 1.807) is 0 Å². The summed E-state index contributed by atoms with van der Waals surface area (Å²) in [5.41, 5.74) is 16.8. The minimum Gasteiger partial charge on any atom is -0.508 e. The van der Waals surface area contributed by atoms with Crippen LogP contribution in [-0.2, 0) is 30.4 Å². The molecule has 5 atom stereocenters. The molecule has 1 aromatic carbocycles. The fraction of sp³-hybridized carbons (Fsp3) is 0.500. The van der Waals surface area contributed by atoms with Crippen molar-refractivity contribution in [2.24, 2.45) is 22.2 Å². The van der Waals surface area contributed by atoms with Crippen LogP contribution in [-0.4, -0.2) is 92.9 Å². The number of aliphatic imine (C=N–C) groups is 1. The summed E-state index contributed by atoms with van der Waals surface area (Å²) in [6.07, 6.45) is -2.05. The lowest BCUT2D eigenvalue weighted by Gasteiger charge is -2.26. The maximum Gasteiger partial charge on any atom is 0.326 e. The standard InChI is InChI=1S/C24H37N7O9/c1-12(32)19(22(38)30-17(23(39)40)11-13-4-6-14(33)7-5-13)31-21(37)16(8-9-18(34)35)29-20(36)15(25)3-2-10-28-24(26)27/h4-7,12,15-17,19,32-33H,2-3,8-11,25H2,1H3,(H,29,36)(H,30,38)(H,31,37)(H,34,35)(H,39,40)(H4,26,27,28). The first-order chi connectivity index (χ1) is 18.7. The second-order valence-electron chi connectivity index (χ2n) is 9.05. The molecule has 0 saturated carbocycles. The third-order valence-electron chi connectivity index (χ3n) is 5.64.